The van der Waals surface area contributed by atoms with E-state index in [9.17, 15) is 9.59 Å². The number of aryl methyl sites for hydroxylation is 2. The van der Waals surface area contributed by atoms with Gasteiger partial charge < -0.3 is 9.88 Å². The Hall–Kier alpha value is -2.67. The molecule has 0 spiro atoms. The fourth-order valence-corrected chi connectivity index (χ4v) is 3.40. The first-order valence-corrected chi connectivity index (χ1v) is 8.42. The summed E-state index contributed by atoms with van der Waals surface area (Å²) in [5.41, 5.74) is 3.64. The molecule has 0 aliphatic heterocycles. The van der Waals surface area contributed by atoms with Gasteiger partial charge in [0.15, 0.2) is 5.13 Å². The molecule has 0 atom stereocenters. The highest BCUT2D eigenvalue weighted by molar-refractivity contribution is 7.22. The van der Waals surface area contributed by atoms with Gasteiger partial charge in [-0.2, -0.15) is 0 Å². The molecular weight excluding hydrogens is 324 g/mol. The van der Waals surface area contributed by atoms with Crippen LogP contribution in [-0.4, -0.2) is 22.1 Å². The molecule has 0 saturated carbocycles. The van der Waals surface area contributed by atoms with Gasteiger partial charge in [-0.3, -0.25) is 10.1 Å². The van der Waals surface area contributed by atoms with Gasteiger partial charge >= 0.3 is 6.03 Å². The highest BCUT2D eigenvalue weighted by Crippen LogP contribution is 2.32. The second-order valence-electron chi connectivity index (χ2n) is 5.50. The van der Waals surface area contributed by atoms with Crippen molar-refractivity contribution < 1.29 is 4.79 Å². The maximum Gasteiger partial charge on any atom is 0.321 e. The number of hydrogen-bond donors (Lipinski definition) is 2. The number of benzene rings is 1. The van der Waals surface area contributed by atoms with Crippen molar-refractivity contribution in [2.24, 2.45) is 7.05 Å². The number of carbonyl (C=O) groups excluding carboxylic acids is 1. The van der Waals surface area contributed by atoms with E-state index in [1.54, 1.807) is 19.3 Å². The van der Waals surface area contributed by atoms with E-state index in [1.165, 1.54) is 15.9 Å². The topological polar surface area (TPSA) is 76.0 Å². The van der Waals surface area contributed by atoms with Crippen LogP contribution in [0.3, 0.4) is 0 Å². The van der Waals surface area contributed by atoms with E-state index in [0.717, 1.165) is 26.9 Å². The lowest BCUT2D eigenvalue weighted by Crippen LogP contribution is -2.28. The molecule has 3 rings (SSSR count). The molecule has 124 valence electrons. The maximum absolute atomic E-state index is 11.9. The number of nitrogens with zero attached hydrogens (tertiary/aromatic N) is 2. The monoisotopic (exact) mass is 342 g/mol. The molecule has 0 bridgehead atoms. The fourth-order valence-electron chi connectivity index (χ4n) is 2.46. The number of hydrogen-bond acceptors (Lipinski definition) is 4. The lowest BCUT2D eigenvalue weighted by molar-refractivity contribution is 0.252. The summed E-state index contributed by atoms with van der Waals surface area (Å²) in [5.74, 6) is 0. The maximum atomic E-state index is 11.9. The molecule has 2 amide bonds. The van der Waals surface area contributed by atoms with Crippen molar-refractivity contribution in [3.05, 3.63) is 46.4 Å². The molecule has 2 N–H and O–H groups in total. The Labute approximate surface area is 143 Å². The zero-order valence-corrected chi connectivity index (χ0v) is 14.5. The predicted molar refractivity (Wildman–Crippen MR) is 97.7 cm³/mol. The van der Waals surface area contributed by atoms with E-state index in [2.05, 4.69) is 15.6 Å². The Morgan fingerprint density at radius 2 is 2.12 bits per heavy atom. The van der Waals surface area contributed by atoms with Crippen molar-refractivity contribution in [2.45, 2.75) is 13.8 Å². The van der Waals surface area contributed by atoms with Crippen molar-refractivity contribution >= 4 is 32.7 Å². The average Bonchev–Trinajstić information content (AvgIpc) is 2.90. The molecular formula is C17H18N4O2S. The minimum atomic E-state index is -0.264. The largest absolute Gasteiger partial charge is 0.338 e. The number of urea groups is 1. The molecule has 2 aromatic heterocycles. The highest BCUT2D eigenvalue weighted by atomic mass is 32.1. The smallest absolute Gasteiger partial charge is 0.321 e. The van der Waals surface area contributed by atoms with Gasteiger partial charge in [-0.05, 0) is 48.7 Å². The highest BCUT2D eigenvalue weighted by Gasteiger charge is 2.11. The van der Waals surface area contributed by atoms with Crippen molar-refractivity contribution in [1.29, 1.82) is 0 Å². The van der Waals surface area contributed by atoms with Crippen molar-refractivity contribution in [1.82, 2.24) is 14.9 Å². The van der Waals surface area contributed by atoms with Gasteiger partial charge in [-0.15, -0.1) is 0 Å². The first-order chi connectivity index (χ1) is 11.5. The van der Waals surface area contributed by atoms with E-state index >= 15 is 0 Å². The van der Waals surface area contributed by atoms with Crippen molar-refractivity contribution in [3.8, 4) is 11.1 Å². The molecule has 6 nitrogen and oxygen atoms in total. The molecule has 0 radical (unpaired) electrons. The SMILES string of the molecule is CCNC(=O)Nc1nc2cc(-c3ccn(C)c(=O)c3)c(C)cc2s1. The first kappa shape index (κ1) is 16.2. The fraction of sp³-hybridized carbons (Fsp3) is 0.235. The van der Waals surface area contributed by atoms with Crippen LogP contribution in [0.5, 0.6) is 0 Å². The van der Waals surface area contributed by atoms with Gasteiger partial charge in [0.25, 0.3) is 5.56 Å². The lowest BCUT2D eigenvalue weighted by atomic mass is 10.0. The average molecular weight is 342 g/mol. The number of amides is 2. The number of anilines is 1. The third-order valence-electron chi connectivity index (χ3n) is 3.71. The lowest BCUT2D eigenvalue weighted by Gasteiger charge is -2.06. The summed E-state index contributed by atoms with van der Waals surface area (Å²) >= 11 is 1.43. The number of pyridine rings is 1. The second kappa shape index (κ2) is 6.45. The normalized spacial score (nSPS) is 10.8. The number of rotatable bonds is 3. The summed E-state index contributed by atoms with van der Waals surface area (Å²) in [7, 11) is 1.72. The van der Waals surface area contributed by atoms with Crippen LogP contribution in [0.2, 0.25) is 0 Å². The zero-order valence-electron chi connectivity index (χ0n) is 13.7. The molecule has 24 heavy (non-hydrogen) atoms. The molecule has 0 aliphatic carbocycles. The number of fused-ring (bicyclic) bond motifs is 1. The zero-order chi connectivity index (χ0) is 17.3. The molecule has 0 aliphatic rings. The van der Waals surface area contributed by atoms with Gasteiger partial charge in [0.05, 0.1) is 10.2 Å². The molecule has 0 fully saturated rings. The van der Waals surface area contributed by atoms with Gasteiger partial charge in [0.2, 0.25) is 0 Å². The third kappa shape index (κ3) is 3.16. The van der Waals surface area contributed by atoms with E-state index in [1.807, 2.05) is 32.0 Å². The minimum Gasteiger partial charge on any atom is -0.338 e. The molecule has 7 heteroatoms. The molecule has 0 unspecified atom stereocenters. The Morgan fingerprint density at radius 1 is 1.33 bits per heavy atom. The third-order valence-corrected chi connectivity index (χ3v) is 4.64. The number of nitrogens with one attached hydrogen (secondary N) is 2. The predicted octanol–water partition coefficient (Wildman–Crippen LogP) is 3.11. The van der Waals surface area contributed by atoms with Crippen LogP contribution in [0.4, 0.5) is 9.93 Å². The summed E-state index contributed by atoms with van der Waals surface area (Å²) in [6.07, 6.45) is 1.75. The van der Waals surface area contributed by atoms with Crippen LogP contribution in [-0.2, 0) is 7.05 Å². The Morgan fingerprint density at radius 3 is 2.83 bits per heavy atom. The number of carbonyl (C=O) groups is 1. The van der Waals surface area contributed by atoms with E-state index in [0.29, 0.717) is 11.7 Å². The summed E-state index contributed by atoms with van der Waals surface area (Å²) in [6.45, 7) is 4.42. The summed E-state index contributed by atoms with van der Waals surface area (Å²) in [5, 5.41) is 5.96. The van der Waals surface area contributed by atoms with Crippen LogP contribution in [0, 0.1) is 6.92 Å². The summed E-state index contributed by atoms with van der Waals surface area (Å²) < 4.78 is 2.53. The Bertz CT molecular complexity index is 974. The van der Waals surface area contributed by atoms with Crippen LogP contribution >= 0.6 is 11.3 Å². The van der Waals surface area contributed by atoms with Crippen molar-refractivity contribution in [3.63, 3.8) is 0 Å². The molecule has 3 aromatic rings. The van der Waals surface area contributed by atoms with Gasteiger partial charge in [-0.25, -0.2) is 9.78 Å². The van der Waals surface area contributed by atoms with Gasteiger partial charge in [-0.1, -0.05) is 11.3 Å². The van der Waals surface area contributed by atoms with Crippen molar-refractivity contribution in [2.75, 3.05) is 11.9 Å². The Kier molecular flexibility index (Phi) is 4.35. The first-order valence-electron chi connectivity index (χ1n) is 7.61. The van der Waals surface area contributed by atoms with E-state index < -0.39 is 0 Å². The summed E-state index contributed by atoms with van der Waals surface area (Å²) in [6, 6.07) is 7.26. The van der Waals surface area contributed by atoms with Gasteiger partial charge in [0.1, 0.15) is 0 Å². The van der Waals surface area contributed by atoms with Gasteiger partial charge in [0, 0.05) is 25.9 Å². The van der Waals surface area contributed by atoms with Crippen LogP contribution in [0.15, 0.2) is 35.3 Å². The van der Waals surface area contributed by atoms with E-state index in [-0.39, 0.29) is 11.6 Å². The van der Waals surface area contributed by atoms with Crippen LogP contribution in [0.1, 0.15) is 12.5 Å². The Balaban J connectivity index is 2.01. The molecule has 1 aromatic carbocycles. The second-order valence-corrected chi connectivity index (χ2v) is 6.53. The number of aromatic nitrogens is 2. The summed E-state index contributed by atoms with van der Waals surface area (Å²) in [4.78, 5) is 28.0. The standard InChI is InChI=1S/C17H18N4O2S/c1-4-18-16(23)20-17-19-13-9-12(10(2)7-14(13)24-17)11-5-6-21(3)15(22)8-11/h5-9H,4H2,1-3H3,(H2,18,19,20,23). The minimum absolute atomic E-state index is 0.0520. The number of thiazole rings is 1. The molecule has 0 saturated heterocycles. The van der Waals surface area contributed by atoms with Crippen LogP contribution < -0.4 is 16.2 Å². The van der Waals surface area contributed by atoms with Crippen LogP contribution in [0.25, 0.3) is 21.3 Å². The molecule has 2 heterocycles. The quantitative estimate of drug-likeness (QED) is 0.768. The van der Waals surface area contributed by atoms with E-state index in [4.69, 9.17) is 0 Å².